The molecule has 4 nitrogen and oxygen atoms in total. The molecule has 0 spiro atoms. The number of anilines is 2. The smallest absolute Gasteiger partial charge is 0.259 e. The number of fused-ring (bicyclic) bond motifs is 1. The van der Waals surface area contributed by atoms with Gasteiger partial charge in [0.25, 0.3) is 5.91 Å². The summed E-state index contributed by atoms with van der Waals surface area (Å²) in [6, 6.07) is 11.6. The Morgan fingerprint density at radius 1 is 1.21 bits per heavy atom. The Morgan fingerprint density at radius 3 is 2.79 bits per heavy atom. The Morgan fingerprint density at radius 2 is 2.00 bits per heavy atom. The summed E-state index contributed by atoms with van der Waals surface area (Å²) >= 11 is 2.25. The molecule has 2 aromatic rings. The Hall–Kier alpha value is -1.89. The average Bonchev–Trinajstić information content (AvgIpc) is 2.74. The van der Waals surface area contributed by atoms with Crippen LogP contribution in [0.1, 0.15) is 5.56 Å². The summed E-state index contributed by atoms with van der Waals surface area (Å²) < 4.78 is 1.17. The molecule has 0 unspecified atom stereocenters. The Bertz CT molecular complexity index is 665. The topological polar surface area (TPSA) is 54.0 Å². The number of rotatable bonds is 2. The van der Waals surface area contributed by atoms with E-state index in [4.69, 9.17) is 0 Å². The lowest BCUT2D eigenvalue weighted by Gasteiger charge is -2.02. The summed E-state index contributed by atoms with van der Waals surface area (Å²) in [4.78, 5) is 16.0. The van der Waals surface area contributed by atoms with E-state index in [1.165, 1.54) is 3.57 Å². The fourth-order valence-corrected chi connectivity index (χ4v) is 2.22. The third-order valence-electron chi connectivity index (χ3n) is 2.80. The predicted octanol–water partition coefficient (Wildman–Crippen LogP) is 3.09. The second kappa shape index (κ2) is 5.00. The molecule has 3 rings (SSSR count). The lowest BCUT2D eigenvalue weighted by Crippen LogP contribution is -2.05. The maximum Gasteiger partial charge on any atom is 0.259 e. The summed E-state index contributed by atoms with van der Waals surface area (Å²) in [6.07, 6.45) is 3.37. The molecule has 1 aromatic heterocycles. The SMILES string of the molecule is O=C1Nc2ncccc2/C1=C/Nc1ccc(I)cc1. The zero-order chi connectivity index (χ0) is 13.2. The number of hydrogen-bond donors (Lipinski definition) is 2. The van der Waals surface area contributed by atoms with Crippen molar-refractivity contribution in [3.63, 3.8) is 0 Å². The number of carbonyl (C=O) groups excluding carboxylic acids is 1. The molecule has 0 fully saturated rings. The van der Waals surface area contributed by atoms with Gasteiger partial charge in [0.05, 0.1) is 5.57 Å². The molecule has 2 heterocycles. The van der Waals surface area contributed by atoms with Gasteiger partial charge in [-0.15, -0.1) is 0 Å². The number of nitrogens with zero attached hydrogens (tertiary/aromatic N) is 1. The van der Waals surface area contributed by atoms with Crippen molar-refractivity contribution in [1.82, 2.24) is 4.98 Å². The number of aromatic nitrogens is 1. The summed E-state index contributed by atoms with van der Waals surface area (Å²) in [7, 11) is 0. The first kappa shape index (κ1) is 12.2. The lowest BCUT2D eigenvalue weighted by molar-refractivity contribution is -0.110. The molecule has 0 saturated heterocycles. The zero-order valence-electron chi connectivity index (χ0n) is 9.85. The van der Waals surface area contributed by atoms with Crippen LogP contribution in [0.4, 0.5) is 11.5 Å². The van der Waals surface area contributed by atoms with Crippen LogP contribution in [0.25, 0.3) is 5.57 Å². The van der Waals surface area contributed by atoms with Gasteiger partial charge in [-0.25, -0.2) is 4.98 Å². The highest BCUT2D eigenvalue weighted by Gasteiger charge is 2.24. The summed E-state index contributed by atoms with van der Waals surface area (Å²) in [6.45, 7) is 0. The van der Waals surface area contributed by atoms with Crippen LogP contribution >= 0.6 is 22.6 Å². The molecule has 1 aromatic carbocycles. The summed E-state index contributed by atoms with van der Waals surface area (Å²) in [5, 5.41) is 5.86. The zero-order valence-corrected chi connectivity index (χ0v) is 12.0. The van der Waals surface area contributed by atoms with Gasteiger partial charge in [0.1, 0.15) is 5.82 Å². The van der Waals surface area contributed by atoms with E-state index in [1.807, 2.05) is 36.4 Å². The fraction of sp³-hybridized carbons (Fsp3) is 0. The van der Waals surface area contributed by atoms with Crippen molar-refractivity contribution in [3.8, 4) is 0 Å². The first-order valence-electron chi connectivity index (χ1n) is 5.73. The molecule has 1 amide bonds. The number of halogens is 1. The normalized spacial score (nSPS) is 15.2. The molecule has 0 aliphatic carbocycles. The molecule has 0 saturated carbocycles. The largest absolute Gasteiger partial charge is 0.361 e. The van der Waals surface area contributed by atoms with Crippen LogP contribution < -0.4 is 10.6 Å². The second-order valence-electron chi connectivity index (χ2n) is 4.06. The van der Waals surface area contributed by atoms with Crippen molar-refractivity contribution in [3.05, 3.63) is 57.9 Å². The van der Waals surface area contributed by atoms with Gasteiger partial charge < -0.3 is 10.6 Å². The van der Waals surface area contributed by atoms with Crippen LogP contribution in [0.15, 0.2) is 48.8 Å². The lowest BCUT2D eigenvalue weighted by atomic mass is 10.1. The standard InChI is InChI=1S/C14H10IN3O/c15-9-3-5-10(6-4-9)17-8-12-11-2-1-7-16-13(11)18-14(12)19/h1-8,17H,(H,16,18,19)/b12-8-. The Balaban J connectivity index is 1.88. The molecule has 2 N–H and O–H groups in total. The van der Waals surface area contributed by atoms with Gasteiger partial charge in [-0.3, -0.25) is 4.79 Å². The van der Waals surface area contributed by atoms with E-state index in [-0.39, 0.29) is 5.91 Å². The van der Waals surface area contributed by atoms with E-state index in [0.717, 1.165) is 11.3 Å². The molecule has 5 heteroatoms. The van der Waals surface area contributed by atoms with Gasteiger partial charge in [0.2, 0.25) is 0 Å². The molecule has 19 heavy (non-hydrogen) atoms. The van der Waals surface area contributed by atoms with Gasteiger partial charge >= 0.3 is 0 Å². The molecule has 0 bridgehead atoms. The van der Waals surface area contributed by atoms with Crippen molar-refractivity contribution in [2.24, 2.45) is 0 Å². The maximum absolute atomic E-state index is 11.8. The Labute approximate surface area is 124 Å². The van der Waals surface area contributed by atoms with Gasteiger partial charge in [-0.2, -0.15) is 0 Å². The number of carbonyl (C=O) groups is 1. The van der Waals surface area contributed by atoms with Crippen LogP contribution in [0.5, 0.6) is 0 Å². The van der Waals surface area contributed by atoms with Crippen LogP contribution in [-0.4, -0.2) is 10.9 Å². The van der Waals surface area contributed by atoms with Crippen LogP contribution in [-0.2, 0) is 4.79 Å². The highest BCUT2D eigenvalue weighted by molar-refractivity contribution is 14.1. The minimum atomic E-state index is -0.133. The van der Waals surface area contributed by atoms with Gasteiger partial charge in [-0.1, -0.05) is 0 Å². The van der Waals surface area contributed by atoms with Crippen LogP contribution in [0.2, 0.25) is 0 Å². The first-order valence-corrected chi connectivity index (χ1v) is 6.81. The maximum atomic E-state index is 11.8. The monoisotopic (exact) mass is 363 g/mol. The van der Waals surface area contributed by atoms with E-state index >= 15 is 0 Å². The molecule has 0 atom stereocenters. The van der Waals surface area contributed by atoms with E-state index in [9.17, 15) is 4.79 Å². The molecular formula is C14H10IN3O. The van der Waals surface area contributed by atoms with Crippen molar-refractivity contribution in [2.45, 2.75) is 0 Å². The third kappa shape index (κ3) is 2.46. The van der Waals surface area contributed by atoms with Gasteiger partial charge in [-0.05, 0) is 59.0 Å². The highest BCUT2D eigenvalue weighted by Crippen LogP contribution is 2.29. The molecule has 0 radical (unpaired) electrons. The van der Waals surface area contributed by atoms with Gasteiger partial charge in [0, 0.05) is 27.2 Å². The minimum Gasteiger partial charge on any atom is -0.361 e. The molecule has 1 aliphatic rings. The van der Waals surface area contributed by atoms with Gasteiger partial charge in [0.15, 0.2) is 0 Å². The number of pyridine rings is 1. The Kier molecular flexibility index (Phi) is 3.20. The van der Waals surface area contributed by atoms with Crippen molar-refractivity contribution in [1.29, 1.82) is 0 Å². The van der Waals surface area contributed by atoms with Crippen molar-refractivity contribution >= 4 is 45.6 Å². The number of nitrogens with one attached hydrogen (secondary N) is 2. The fourth-order valence-electron chi connectivity index (χ4n) is 1.86. The van der Waals surface area contributed by atoms with E-state index < -0.39 is 0 Å². The number of benzene rings is 1. The average molecular weight is 363 g/mol. The van der Waals surface area contributed by atoms with E-state index in [0.29, 0.717) is 11.4 Å². The number of amides is 1. The minimum absolute atomic E-state index is 0.133. The van der Waals surface area contributed by atoms with E-state index in [2.05, 4.69) is 38.2 Å². The van der Waals surface area contributed by atoms with E-state index in [1.54, 1.807) is 12.4 Å². The number of hydrogen-bond acceptors (Lipinski definition) is 3. The first-order chi connectivity index (χ1) is 9.24. The second-order valence-corrected chi connectivity index (χ2v) is 5.31. The molecule has 94 valence electrons. The quantitative estimate of drug-likeness (QED) is 0.637. The molecular weight excluding hydrogens is 353 g/mol. The molecule has 1 aliphatic heterocycles. The summed E-state index contributed by atoms with van der Waals surface area (Å²) in [5.41, 5.74) is 2.37. The summed E-state index contributed by atoms with van der Waals surface area (Å²) in [5.74, 6) is 0.481. The van der Waals surface area contributed by atoms with Crippen LogP contribution in [0.3, 0.4) is 0 Å². The predicted molar refractivity (Wildman–Crippen MR) is 83.6 cm³/mol. The van der Waals surface area contributed by atoms with Crippen LogP contribution in [0, 0.1) is 3.57 Å². The highest BCUT2D eigenvalue weighted by atomic mass is 127. The van der Waals surface area contributed by atoms with Crippen molar-refractivity contribution < 1.29 is 4.79 Å². The van der Waals surface area contributed by atoms with Crippen molar-refractivity contribution in [2.75, 3.05) is 10.6 Å². The third-order valence-corrected chi connectivity index (χ3v) is 3.52.